The third-order valence-corrected chi connectivity index (χ3v) is 7.26. The highest BCUT2D eigenvalue weighted by Gasteiger charge is 2.23. The monoisotopic (exact) mass is 464 g/mol. The van der Waals surface area contributed by atoms with Gasteiger partial charge in [0.05, 0.1) is 12.2 Å². The van der Waals surface area contributed by atoms with Gasteiger partial charge in [-0.05, 0) is 79.5 Å². The lowest BCUT2D eigenvalue weighted by Gasteiger charge is -2.31. The van der Waals surface area contributed by atoms with Gasteiger partial charge in [0.2, 0.25) is 0 Å². The highest BCUT2D eigenvalue weighted by molar-refractivity contribution is 5.91. The van der Waals surface area contributed by atoms with Crippen LogP contribution in [0, 0.1) is 11.8 Å². The molecule has 3 heteroatoms. The first-order valence-corrected chi connectivity index (χ1v) is 13.7. The first kappa shape index (κ1) is 26.3. The summed E-state index contributed by atoms with van der Waals surface area (Å²) in [5, 5.41) is 0. The summed E-state index contributed by atoms with van der Waals surface area (Å²) >= 11 is 0. The van der Waals surface area contributed by atoms with Crippen molar-refractivity contribution in [2.24, 2.45) is 11.8 Å². The average Bonchev–Trinajstić information content (AvgIpc) is 2.87. The van der Waals surface area contributed by atoms with Crippen LogP contribution >= 0.6 is 0 Å². The molecule has 0 amide bonds. The van der Waals surface area contributed by atoms with E-state index in [0.29, 0.717) is 11.3 Å². The molecule has 2 atom stereocenters. The zero-order valence-corrected chi connectivity index (χ0v) is 21.4. The third kappa shape index (κ3) is 8.81. The molecule has 1 saturated carbocycles. The molecule has 3 rings (SSSR count). The number of benzene rings is 2. The number of esters is 1. The molecule has 0 heterocycles. The summed E-state index contributed by atoms with van der Waals surface area (Å²) in [5.74, 6) is 2.88. The van der Waals surface area contributed by atoms with Crippen LogP contribution in [0.15, 0.2) is 48.5 Å². The second-order valence-electron chi connectivity index (χ2n) is 9.95. The molecule has 186 valence electrons. The van der Waals surface area contributed by atoms with Crippen LogP contribution in [0.2, 0.25) is 0 Å². The Bertz CT molecular complexity index is 823. The molecule has 0 bridgehead atoms. The maximum absolute atomic E-state index is 12.5. The number of unbranched alkanes of at least 4 members (excludes halogenated alkanes) is 3. The van der Waals surface area contributed by atoms with Gasteiger partial charge in [-0.2, -0.15) is 0 Å². The Balaban J connectivity index is 1.38. The summed E-state index contributed by atoms with van der Waals surface area (Å²) in [6, 6.07) is 15.2. The van der Waals surface area contributed by atoms with E-state index in [1.165, 1.54) is 76.2 Å². The van der Waals surface area contributed by atoms with Crippen molar-refractivity contribution in [3.8, 4) is 11.5 Å². The predicted octanol–water partition coefficient (Wildman–Crippen LogP) is 8.79. The zero-order chi connectivity index (χ0) is 24.0. The van der Waals surface area contributed by atoms with Crippen molar-refractivity contribution in [1.82, 2.24) is 0 Å². The van der Waals surface area contributed by atoms with Gasteiger partial charge in [-0.1, -0.05) is 83.8 Å². The summed E-state index contributed by atoms with van der Waals surface area (Å²) in [4.78, 5) is 12.5. The van der Waals surface area contributed by atoms with E-state index in [9.17, 15) is 4.79 Å². The first-order chi connectivity index (χ1) is 16.7. The largest absolute Gasteiger partial charge is 0.494 e. The molecule has 0 radical (unpaired) electrons. The molecule has 2 aromatic carbocycles. The van der Waals surface area contributed by atoms with Crippen LogP contribution in [0.1, 0.15) is 107 Å². The first-order valence-electron chi connectivity index (χ1n) is 13.7. The summed E-state index contributed by atoms with van der Waals surface area (Å²) in [6.45, 7) is 5.27. The molecule has 1 aliphatic rings. The maximum atomic E-state index is 12.5. The fourth-order valence-corrected chi connectivity index (χ4v) is 5.28. The van der Waals surface area contributed by atoms with E-state index in [2.05, 4.69) is 26.0 Å². The summed E-state index contributed by atoms with van der Waals surface area (Å²) in [5.41, 5.74) is 1.84. The van der Waals surface area contributed by atoms with Gasteiger partial charge in [0.1, 0.15) is 11.5 Å². The standard InChI is InChI=1S/C31H44O3/c1-3-5-6-7-12-25-16-20-30(21-17-25)34-31(32)28-18-22-29(23-19-28)33-24-10-15-27-14-9-8-13-26(27)11-4-2/h16-23,26-27H,3-15,24H2,1-2H3. The fourth-order valence-electron chi connectivity index (χ4n) is 5.28. The number of rotatable bonds is 14. The summed E-state index contributed by atoms with van der Waals surface area (Å²) < 4.78 is 11.5. The van der Waals surface area contributed by atoms with Gasteiger partial charge in [0.15, 0.2) is 0 Å². The third-order valence-electron chi connectivity index (χ3n) is 7.26. The van der Waals surface area contributed by atoms with Gasteiger partial charge < -0.3 is 9.47 Å². The van der Waals surface area contributed by atoms with E-state index in [0.717, 1.165) is 37.0 Å². The van der Waals surface area contributed by atoms with Crippen molar-refractivity contribution in [2.45, 2.75) is 97.3 Å². The minimum atomic E-state index is -0.332. The lowest BCUT2D eigenvalue weighted by atomic mass is 9.75. The quantitative estimate of drug-likeness (QED) is 0.159. The second kappa shape index (κ2) is 14.9. The van der Waals surface area contributed by atoms with Crippen molar-refractivity contribution in [3.63, 3.8) is 0 Å². The van der Waals surface area contributed by atoms with Crippen LogP contribution in [0.4, 0.5) is 0 Å². The van der Waals surface area contributed by atoms with Gasteiger partial charge in [-0.3, -0.25) is 0 Å². The Labute approximate surface area is 207 Å². The SMILES string of the molecule is CCCCCCc1ccc(OC(=O)c2ccc(OCCCC3CCCCC3CCC)cc2)cc1. The van der Waals surface area contributed by atoms with Gasteiger partial charge in [0.25, 0.3) is 0 Å². The topological polar surface area (TPSA) is 35.5 Å². The molecule has 0 saturated heterocycles. The normalized spacial score (nSPS) is 17.9. The Kier molecular flexibility index (Phi) is 11.5. The average molecular weight is 465 g/mol. The van der Waals surface area contributed by atoms with Crippen molar-refractivity contribution >= 4 is 5.97 Å². The zero-order valence-electron chi connectivity index (χ0n) is 21.4. The Morgan fingerprint density at radius 3 is 2.12 bits per heavy atom. The van der Waals surface area contributed by atoms with Crippen molar-refractivity contribution in [1.29, 1.82) is 0 Å². The van der Waals surface area contributed by atoms with E-state index in [1.807, 2.05) is 24.3 Å². The number of hydrogen-bond acceptors (Lipinski definition) is 3. The number of aryl methyl sites for hydroxylation is 1. The van der Waals surface area contributed by atoms with Gasteiger partial charge >= 0.3 is 5.97 Å². The van der Waals surface area contributed by atoms with Gasteiger partial charge in [-0.25, -0.2) is 4.79 Å². The predicted molar refractivity (Wildman–Crippen MR) is 141 cm³/mol. The van der Waals surface area contributed by atoms with Crippen LogP contribution in [0.25, 0.3) is 0 Å². The molecule has 0 aromatic heterocycles. The molecule has 0 spiro atoms. The fraction of sp³-hybridized carbons (Fsp3) is 0.581. The Morgan fingerprint density at radius 1 is 0.765 bits per heavy atom. The smallest absolute Gasteiger partial charge is 0.343 e. The van der Waals surface area contributed by atoms with Crippen LogP contribution in [-0.4, -0.2) is 12.6 Å². The number of hydrogen-bond donors (Lipinski definition) is 0. The molecule has 3 nitrogen and oxygen atoms in total. The van der Waals surface area contributed by atoms with E-state index < -0.39 is 0 Å². The lowest BCUT2D eigenvalue weighted by molar-refractivity contribution is 0.0734. The van der Waals surface area contributed by atoms with Crippen LogP contribution in [0.3, 0.4) is 0 Å². The van der Waals surface area contributed by atoms with Crippen molar-refractivity contribution in [2.75, 3.05) is 6.61 Å². The molecule has 1 fully saturated rings. The highest BCUT2D eigenvalue weighted by atomic mass is 16.5. The lowest BCUT2D eigenvalue weighted by Crippen LogP contribution is -2.20. The molecule has 2 aromatic rings. The molecule has 0 aliphatic heterocycles. The molecule has 2 unspecified atom stereocenters. The molecular weight excluding hydrogens is 420 g/mol. The number of carbonyl (C=O) groups is 1. The summed E-state index contributed by atoms with van der Waals surface area (Å²) in [6.07, 6.45) is 16.8. The number of ether oxygens (including phenoxy) is 2. The van der Waals surface area contributed by atoms with Crippen LogP contribution in [0.5, 0.6) is 11.5 Å². The van der Waals surface area contributed by atoms with E-state index >= 15 is 0 Å². The van der Waals surface area contributed by atoms with Crippen molar-refractivity contribution < 1.29 is 14.3 Å². The minimum Gasteiger partial charge on any atom is -0.494 e. The van der Waals surface area contributed by atoms with E-state index in [1.54, 1.807) is 12.1 Å². The van der Waals surface area contributed by atoms with Crippen LogP contribution < -0.4 is 9.47 Å². The van der Waals surface area contributed by atoms with Crippen LogP contribution in [-0.2, 0) is 6.42 Å². The Hall–Kier alpha value is -2.29. The second-order valence-corrected chi connectivity index (χ2v) is 9.95. The van der Waals surface area contributed by atoms with Crippen molar-refractivity contribution in [3.05, 3.63) is 59.7 Å². The van der Waals surface area contributed by atoms with Gasteiger partial charge in [-0.15, -0.1) is 0 Å². The molecule has 34 heavy (non-hydrogen) atoms. The highest BCUT2D eigenvalue weighted by Crippen LogP contribution is 2.36. The molecule has 1 aliphatic carbocycles. The van der Waals surface area contributed by atoms with E-state index in [4.69, 9.17) is 9.47 Å². The Morgan fingerprint density at radius 2 is 1.44 bits per heavy atom. The maximum Gasteiger partial charge on any atom is 0.343 e. The number of carbonyl (C=O) groups excluding carboxylic acids is 1. The molecule has 0 N–H and O–H groups in total. The van der Waals surface area contributed by atoms with E-state index in [-0.39, 0.29) is 5.97 Å². The molecular formula is C31H44O3. The summed E-state index contributed by atoms with van der Waals surface area (Å²) in [7, 11) is 0. The minimum absolute atomic E-state index is 0.332. The van der Waals surface area contributed by atoms with Gasteiger partial charge in [0, 0.05) is 0 Å².